The summed E-state index contributed by atoms with van der Waals surface area (Å²) in [6.07, 6.45) is 0. The first kappa shape index (κ1) is 11.1. The maximum absolute atomic E-state index is 5.95. The van der Waals surface area contributed by atoms with E-state index in [1.165, 1.54) is 27.7 Å². The van der Waals surface area contributed by atoms with Gasteiger partial charge in [-0.2, -0.15) is 0 Å². The molecule has 0 saturated heterocycles. The number of hydrogen-bond donors (Lipinski definition) is 1. The number of rotatable bonds is 2. The minimum atomic E-state index is 0.561. The van der Waals surface area contributed by atoms with E-state index in [9.17, 15) is 0 Å². The Hall–Kier alpha value is -2.06. The van der Waals surface area contributed by atoms with Crippen LogP contribution in [0, 0.1) is 0 Å². The van der Waals surface area contributed by atoms with Gasteiger partial charge in [-0.1, -0.05) is 48.5 Å². The highest BCUT2D eigenvalue weighted by molar-refractivity contribution is 5.91. The van der Waals surface area contributed by atoms with E-state index in [2.05, 4.69) is 60.1 Å². The summed E-state index contributed by atoms with van der Waals surface area (Å²) in [5.74, 6) is 0. The quantitative estimate of drug-likeness (QED) is 0.727. The van der Waals surface area contributed by atoms with Crippen molar-refractivity contribution in [1.82, 2.24) is 4.57 Å². The molecule has 0 unspecified atom stereocenters. The standard InChI is InChI=1S/C16H16N2/c1-18-15-10-6-5-9-13(15)14(11-17)16(18)12-7-3-2-4-8-12/h2-10H,11,17H2,1H3. The van der Waals surface area contributed by atoms with Crippen LogP contribution >= 0.6 is 0 Å². The maximum atomic E-state index is 5.95. The van der Waals surface area contributed by atoms with E-state index in [1.54, 1.807) is 0 Å². The molecule has 0 atom stereocenters. The zero-order valence-corrected chi connectivity index (χ0v) is 10.4. The van der Waals surface area contributed by atoms with Crippen LogP contribution in [0.5, 0.6) is 0 Å². The monoisotopic (exact) mass is 236 g/mol. The number of aromatic nitrogens is 1. The Labute approximate surface area is 107 Å². The zero-order valence-electron chi connectivity index (χ0n) is 10.4. The highest BCUT2D eigenvalue weighted by Gasteiger charge is 2.14. The molecule has 0 aliphatic heterocycles. The lowest BCUT2D eigenvalue weighted by Crippen LogP contribution is -1.99. The van der Waals surface area contributed by atoms with Gasteiger partial charge in [0.15, 0.2) is 0 Å². The lowest BCUT2D eigenvalue weighted by Gasteiger charge is -2.06. The predicted octanol–water partition coefficient (Wildman–Crippen LogP) is 3.30. The zero-order chi connectivity index (χ0) is 12.5. The largest absolute Gasteiger partial charge is 0.343 e. The van der Waals surface area contributed by atoms with Crippen molar-refractivity contribution in [2.75, 3.05) is 0 Å². The van der Waals surface area contributed by atoms with Gasteiger partial charge >= 0.3 is 0 Å². The Balaban J connectivity index is 2.38. The van der Waals surface area contributed by atoms with Gasteiger partial charge in [0.2, 0.25) is 0 Å². The van der Waals surface area contributed by atoms with E-state index in [4.69, 9.17) is 5.73 Å². The number of nitrogens with two attached hydrogens (primary N) is 1. The van der Waals surface area contributed by atoms with E-state index in [1.807, 2.05) is 6.07 Å². The summed E-state index contributed by atoms with van der Waals surface area (Å²) in [5, 5.41) is 1.25. The third-order valence-electron chi connectivity index (χ3n) is 3.46. The molecule has 1 aromatic heterocycles. The minimum absolute atomic E-state index is 0.561. The normalized spacial score (nSPS) is 11.0. The Kier molecular flexibility index (Phi) is 2.65. The van der Waals surface area contributed by atoms with E-state index in [0.29, 0.717) is 6.54 Å². The predicted molar refractivity (Wildman–Crippen MR) is 76.2 cm³/mol. The summed E-state index contributed by atoms with van der Waals surface area (Å²) >= 11 is 0. The van der Waals surface area contributed by atoms with Crippen LogP contribution in [-0.4, -0.2) is 4.57 Å². The van der Waals surface area contributed by atoms with Crippen LogP contribution in [-0.2, 0) is 13.6 Å². The summed E-state index contributed by atoms with van der Waals surface area (Å²) < 4.78 is 2.23. The van der Waals surface area contributed by atoms with E-state index in [-0.39, 0.29) is 0 Å². The SMILES string of the molecule is Cn1c(-c2ccccc2)c(CN)c2ccccc21. The number of nitrogens with zero attached hydrogens (tertiary/aromatic N) is 1. The molecule has 0 saturated carbocycles. The van der Waals surface area contributed by atoms with Gasteiger partial charge in [0.1, 0.15) is 0 Å². The molecule has 2 aromatic carbocycles. The summed E-state index contributed by atoms with van der Waals surface area (Å²) in [4.78, 5) is 0. The molecule has 1 heterocycles. The molecule has 2 N–H and O–H groups in total. The highest BCUT2D eigenvalue weighted by Crippen LogP contribution is 2.32. The molecule has 2 heteroatoms. The lowest BCUT2D eigenvalue weighted by molar-refractivity contribution is 0.959. The van der Waals surface area contributed by atoms with Gasteiger partial charge in [-0.05, 0) is 17.2 Å². The fourth-order valence-electron chi connectivity index (χ4n) is 2.64. The second-order valence-electron chi connectivity index (χ2n) is 4.47. The number of aryl methyl sites for hydroxylation is 1. The molecular weight excluding hydrogens is 220 g/mol. The van der Waals surface area contributed by atoms with Crippen molar-refractivity contribution < 1.29 is 0 Å². The van der Waals surface area contributed by atoms with Crippen molar-refractivity contribution in [3.8, 4) is 11.3 Å². The fraction of sp³-hybridized carbons (Fsp3) is 0.125. The molecule has 3 rings (SSSR count). The van der Waals surface area contributed by atoms with Gasteiger partial charge in [0.25, 0.3) is 0 Å². The summed E-state index contributed by atoms with van der Waals surface area (Å²) in [7, 11) is 2.10. The minimum Gasteiger partial charge on any atom is -0.343 e. The van der Waals surface area contributed by atoms with Crippen molar-refractivity contribution in [3.05, 3.63) is 60.2 Å². The summed E-state index contributed by atoms with van der Waals surface area (Å²) in [6, 6.07) is 18.8. The van der Waals surface area contributed by atoms with Crippen LogP contribution in [0.1, 0.15) is 5.56 Å². The van der Waals surface area contributed by atoms with Crippen LogP contribution in [0.3, 0.4) is 0 Å². The molecule has 0 aliphatic rings. The first-order valence-corrected chi connectivity index (χ1v) is 6.14. The molecule has 18 heavy (non-hydrogen) atoms. The summed E-state index contributed by atoms with van der Waals surface area (Å²) in [6.45, 7) is 0.561. The molecule has 0 fully saturated rings. The van der Waals surface area contributed by atoms with Gasteiger partial charge in [0.05, 0.1) is 5.69 Å². The topological polar surface area (TPSA) is 30.9 Å². The Morgan fingerprint density at radius 2 is 1.61 bits per heavy atom. The van der Waals surface area contributed by atoms with Crippen molar-refractivity contribution in [1.29, 1.82) is 0 Å². The molecule has 0 radical (unpaired) electrons. The molecule has 2 nitrogen and oxygen atoms in total. The number of hydrogen-bond acceptors (Lipinski definition) is 1. The Morgan fingerprint density at radius 3 is 2.33 bits per heavy atom. The second kappa shape index (κ2) is 4.31. The van der Waals surface area contributed by atoms with E-state index >= 15 is 0 Å². The van der Waals surface area contributed by atoms with Crippen molar-refractivity contribution in [2.24, 2.45) is 12.8 Å². The molecule has 3 aromatic rings. The Bertz CT molecular complexity index is 681. The summed E-state index contributed by atoms with van der Waals surface area (Å²) in [5.41, 5.74) is 10.8. The second-order valence-corrected chi connectivity index (χ2v) is 4.47. The molecular formula is C16H16N2. The van der Waals surface area contributed by atoms with Gasteiger partial charge in [-0.15, -0.1) is 0 Å². The van der Waals surface area contributed by atoms with Crippen molar-refractivity contribution in [3.63, 3.8) is 0 Å². The third-order valence-corrected chi connectivity index (χ3v) is 3.46. The molecule has 0 bridgehead atoms. The highest BCUT2D eigenvalue weighted by atomic mass is 15.0. The molecule has 0 aliphatic carbocycles. The average Bonchev–Trinajstić information content (AvgIpc) is 2.73. The number of para-hydroxylation sites is 1. The lowest BCUT2D eigenvalue weighted by atomic mass is 10.1. The number of fused-ring (bicyclic) bond motifs is 1. The van der Waals surface area contributed by atoms with Crippen LogP contribution in [0.4, 0.5) is 0 Å². The Morgan fingerprint density at radius 1 is 0.944 bits per heavy atom. The van der Waals surface area contributed by atoms with E-state index in [0.717, 1.165) is 0 Å². The van der Waals surface area contributed by atoms with Crippen LogP contribution in [0.25, 0.3) is 22.2 Å². The van der Waals surface area contributed by atoms with Crippen LogP contribution < -0.4 is 5.73 Å². The van der Waals surface area contributed by atoms with Crippen LogP contribution in [0.15, 0.2) is 54.6 Å². The number of benzene rings is 2. The first-order valence-electron chi connectivity index (χ1n) is 6.14. The smallest absolute Gasteiger partial charge is 0.0534 e. The van der Waals surface area contributed by atoms with Gasteiger partial charge < -0.3 is 10.3 Å². The molecule has 0 spiro atoms. The molecule has 90 valence electrons. The van der Waals surface area contributed by atoms with E-state index < -0.39 is 0 Å². The van der Waals surface area contributed by atoms with Gasteiger partial charge in [-0.25, -0.2) is 0 Å². The van der Waals surface area contributed by atoms with Crippen LogP contribution in [0.2, 0.25) is 0 Å². The van der Waals surface area contributed by atoms with Gasteiger partial charge in [-0.3, -0.25) is 0 Å². The van der Waals surface area contributed by atoms with Crippen molar-refractivity contribution in [2.45, 2.75) is 6.54 Å². The van der Waals surface area contributed by atoms with Gasteiger partial charge in [0, 0.05) is 24.5 Å². The third kappa shape index (κ3) is 1.54. The fourth-order valence-corrected chi connectivity index (χ4v) is 2.64. The first-order chi connectivity index (χ1) is 8.83. The average molecular weight is 236 g/mol. The van der Waals surface area contributed by atoms with Crippen molar-refractivity contribution >= 4 is 10.9 Å². The molecule has 0 amide bonds. The maximum Gasteiger partial charge on any atom is 0.0534 e.